The summed E-state index contributed by atoms with van der Waals surface area (Å²) in [5, 5.41) is 4.90. The SMILES string of the molecule is CCCCC(C)NS(=O)(=O)c1csc(CNCC)c1. The van der Waals surface area contributed by atoms with Crippen molar-refractivity contribution in [1.29, 1.82) is 0 Å². The Labute approximate surface area is 120 Å². The minimum absolute atomic E-state index is 0.0120. The maximum absolute atomic E-state index is 12.2. The van der Waals surface area contributed by atoms with Crippen molar-refractivity contribution in [2.75, 3.05) is 6.54 Å². The van der Waals surface area contributed by atoms with E-state index in [0.717, 1.165) is 37.2 Å². The third-order valence-corrected chi connectivity index (χ3v) is 5.49. The van der Waals surface area contributed by atoms with Gasteiger partial charge in [-0.15, -0.1) is 11.3 Å². The van der Waals surface area contributed by atoms with Crippen LogP contribution in [-0.2, 0) is 16.6 Å². The van der Waals surface area contributed by atoms with Gasteiger partial charge in [-0.25, -0.2) is 13.1 Å². The van der Waals surface area contributed by atoms with Crippen molar-refractivity contribution in [2.45, 2.75) is 57.5 Å². The Balaban J connectivity index is 2.63. The third kappa shape index (κ3) is 5.60. The number of hydrogen-bond donors (Lipinski definition) is 2. The average Bonchev–Trinajstić information content (AvgIpc) is 2.83. The van der Waals surface area contributed by atoms with Gasteiger partial charge in [0, 0.05) is 22.8 Å². The van der Waals surface area contributed by atoms with Crippen LogP contribution in [0.15, 0.2) is 16.3 Å². The van der Waals surface area contributed by atoms with Crippen molar-refractivity contribution < 1.29 is 8.42 Å². The van der Waals surface area contributed by atoms with Gasteiger partial charge in [0.15, 0.2) is 0 Å². The summed E-state index contributed by atoms with van der Waals surface area (Å²) in [5.41, 5.74) is 0. The minimum Gasteiger partial charge on any atom is -0.312 e. The fraction of sp³-hybridized carbons (Fsp3) is 0.692. The first-order valence-electron chi connectivity index (χ1n) is 6.80. The van der Waals surface area contributed by atoms with Crippen molar-refractivity contribution in [2.24, 2.45) is 0 Å². The molecule has 0 fully saturated rings. The van der Waals surface area contributed by atoms with Gasteiger partial charge in [-0.2, -0.15) is 0 Å². The summed E-state index contributed by atoms with van der Waals surface area (Å²) in [6.07, 6.45) is 3.00. The van der Waals surface area contributed by atoms with Crippen LogP contribution in [0.3, 0.4) is 0 Å². The van der Waals surface area contributed by atoms with Crippen molar-refractivity contribution in [3.8, 4) is 0 Å². The van der Waals surface area contributed by atoms with E-state index in [4.69, 9.17) is 0 Å². The van der Waals surface area contributed by atoms with Crippen LogP contribution in [0.4, 0.5) is 0 Å². The highest BCUT2D eigenvalue weighted by molar-refractivity contribution is 7.89. The Morgan fingerprint density at radius 2 is 2.11 bits per heavy atom. The first kappa shape index (κ1) is 16.6. The van der Waals surface area contributed by atoms with Crippen LogP contribution in [0.5, 0.6) is 0 Å². The molecule has 2 N–H and O–H groups in total. The van der Waals surface area contributed by atoms with Gasteiger partial charge >= 0.3 is 0 Å². The molecule has 0 saturated heterocycles. The molecule has 0 spiro atoms. The topological polar surface area (TPSA) is 58.2 Å². The molecule has 6 heteroatoms. The van der Waals surface area contributed by atoms with Crippen LogP contribution in [-0.4, -0.2) is 21.0 Å². The molecule has 0 aliphatic rings. The lowest BCUT2D eigenvalue weighted by Crippen LogP contribution is -2.32. The van der Waals surface area contributed by atoms with E-state index < -0.39 is 10.0 Å². The van der Waals surface area contributed by atoms with Crippen molar-refractivity contribution in [3.05, 3.63) is 16.3 Å². The molecule has 0 radical (unpaired) electrons. The second-order valence-electron chi connectivity index (χ2n) is 4.69. The molecule has 1 rings (SSSR count). The third-order valence-electron chi connectivity index (χ3n) is 2.84. The fourth-order valence-electron chi connectivity index (χ4n) is 1.74. The Kier molecular flexibility index (Phi) is 6.99. The van der Waals surface area contributed by atoms with E-state index in [-0.39, 0.29) is 6.04 Å². The highest BCUT2D eigenvalue weighted by atomic mass is 32.2. The quantitative estimate of drug-likeness (QED) is 0.737. The van der Waals surface area contributed by atoms with E-state index in [1.807, 2.05) is 13.8 Å². The summed E-state index contributed by atoms with van der Waals surface area (Å²) in [5.74, 6) is 0. The zero-order chi connectivity index (χ0) is 14.3. The predicted octanol–water partition coefficient (Wildman–Crippen LogP) is 2.71. The van der Waals surface area contributed by atoms with E-state index in [2.05, 4.69) is 17.0 Å². The normalized spacial score (nSPS) is 13.6. The summed E-state index contributed by atoms with van der Waals surface area (Å²) in [7, 11) is -3.36. The lowest BCUT2D eigenvalue weighted by atomic mass is 10.2. The molecule has 0 aromatic carbocycles. The second-order valence-corrected chi connectivity index (χ2v) is 7.40. The molecule has 1 heterocycles. The maximum atomic E-state index is 12.2. The highest BCUT2D eigenvalue weighted by Gasteiger charge is 2.18. The largest absolute Gasteiger partial charge is 0.312 e. The molecule has 4 nitrogen and oxygen atoms in total. The molecule has 0 amide bonds. The Morgan fingerprint density at radius 1 is 1.37 bits per heavy atom. The van der Waals surface area contributed by atoms with Gasteiger partial charge in [0.05, 0.1) is 4.90 Å². The lowest BCUT2D eigenvalue weighted by Gasteiger charge is -2.12. The molecule has 0 aliphatic heterocycles. The molecule has 1 atom stereocenters. The zero-order valence-corrected chi connectivity index (χ0v) is 13.5. The highest BCUT2D eigenvalue weighted by Crippen LogP contribution is 2.19. The Morgan fingerprint density at radius 3 is 2.74 bits per heavy atom. The summed E-state index contributed by atoms with van der Waals surface area (Å²) >= 11 is 1.48. The molecule has 1 unspecified atom stereocenters. The Bertz CT molecular complexity index is 469. The van der Waals surface area contributed by atoms with Gasteiger partial charge in [-0.3, -0.25) is 0 Å². The van der Waals surface area contributed by atoms with Crippen LogP contribution in [0.25, 0.3) is 0 Å². The number of nitrogens with one attached hydrogen (secondary N) is 2. The van der Waals surface area contributed by atoms with Crippen LogP contribution in [0.2, 0.25) is 0 Å². The maximum Gasteiger partial charge on any atom is 0.241 e. The fourth-order valence-corrected chi connectivity index (χ4v) is 4.27. The van der Waals surface area contributed by atoms with Crippen molar-refractivity contribution in [3.63, 3.8) is 0 Å². The number of sulfonamides is 1. The second kappa shape index (κ2) is 7.99. The number of unbranched alkanes of at least 4 members (excludes halogenated alkanes) is 1. The van der Waals surface area contributed by atoms with Gasteiger partial charge in [0.25, 0.3) is 0 Å². The van der Waals surface area contributed by atoms with Gasteiger partial charge in [-0.1, -0.05) is 26.7 Å². The van der Waals surface area contributed by atoms with Gasteiger partial charge in [0.2, 0.25) is 10.0 Å². The van der Waals surface area contributed by atoms with Crippen LogP contribution < -0.4 is 10.0 Å². The Hall–Kier alpha value is -0.430. The van der Waals surface area contributed by atoms with Crippen molar-refractivity contribution >= 4 is 21.4 Å². The smallest absolute Gasteiger partial charge is 0.241 e. The van der Waals surface area contributed by atoms with Crippen LogP contribution in [0, 0.1) is 0 Å². The van der Waals surface area contributed by atoms with Crippen LogP contribution >= 0.6 is 11.3 Å². The van der Waals surface area contributed by atoms with Crippen LogP contribution in [0.1, 0.15) is 44.9 Å². The molecule has 1 aromatic heterocycles. The minimum atomic E-state index is -3.36. The molecule has 1 aromatic rings. The predicted molar refractivity (Wildman–Crippen MR) is 81.0 cm³/mol. The summed E-state index contributed by atoms with van der Waals surface area (Å²) in [6.45, 7) is 7.66. The van der Waals surface area contributed by atoms with Gasteiger partial charge < -0.3 is 5.32 Å². The van der Waals surface area contributed by atoms with E-state index in [1.165, 1.54) is 11.3 Å². The summed E-state index contributed by atoms with van der Waals surface area (Å²) < 4.78 is 27.1. The van der Waals surface area contributed by atoms with Crippen molar-refractivity contribution in [1.82, 2.24) is 10.0 Å². The summed E-state index contributed by atoms with van der Waals surface area (Å²) in [4.78, 5) is 1.43. The average molecular weight is 304 g/mol. The number of thiophene rings is 1. The number of rotatable bonds is 9. The first-order chi connectivity index (χ1) is 8.99. The molecular formula is C13H24N2O2S2. The molecule has 0 bridgehead atoms. The standard InChI is InChI=1S/C13H24N2O2S2/c1-4-6-7-11(3)15-19(16,17)13-8-12(18-10-13)9-14-5-2/h8,10-11,14-15H,4-7,9H2,1-3H3. The lowest BCUT2D eigenvalue weighted by molar-refractivity contribution is 0.534. The van der Waals surface area contributed by atoms with E-state index >= 15 is 0 Å². The van der Waals surface area contributed by atoms with E-state index in [1.54, 1.807) is 11.4 Å². The first-order valence-corrected chi connectivity index (χ1v) is 9.16. The van der Waals surface area contributed by atoms with Gasteiger partial charge in [-0.05, 0) is 26.0 Å². The van der Waals surface area contributed by atoms with E-state index in [0.29, 0.717) is 4.90 Å². The van der Waals surface area contributed by atoms with Gasteiger partial charge in [0.1, 0.15) is 0 Å². The van der Waals surface area contributed by atoms with E-state index in [9.17, 15) is 8.42 Å². The molecule has 0 aliphatic carbocycles. The molecular weight excluding hydrogens is 280 g/mol. The monoisotopic (exact) mass is 304 g/mol. The molecule has 110 valence electrons. The summed E-state index contributed by atoms with van der Waals surface area (Å²) in [6, 6.07) is 1.74. The molecule has 19 heavy (non-hydrogen) atoms. The number of hydrogen-bond acceptors (Lipinski definition) is 4. The zero-order valence-electron chi connectivity index (χ0n) is 11.9. The molecule has 0 saturated carbocycles.